The van der Waals surface area contributed by atoms with E-state index in [1.807, 2.05) is 19.1 Å². The number of ether oxygens (including phenoxy) is 2. The van der Waals surface area contributed by atoms with Crippen molar-refractivity contribution in [3.05, 3.63) is 23.5 Å². The zero-order chi connectivity index (χ0) is 13.0. The van der Waals surface area contributed by atoms with Crippen LogP contribution in [0.25, 0.3) is 0 Å². The van der Waals surface area contributed by atoms with Gasteiger partial charge in [0.2, 0.25) is 0 Å². The van der Waals surface area contributed by atoms with Gasteiger partial charge in [0.15, 0.2) is 6.61 Å². The largest absolute Gasteiger partial charge is 0.480 e. The van der Waals surface area contributed by atoms with Gasteiger partial charge in [-0.15, -0.1) is 0 Å². The first-order chi connectivity index (χ1) is 8.69. The molecule has 1 aliphatic carbocycles. The van der Waals surface area contributed by atoms with Crippen molar-refractivity contribution in [2.45, 2.75) is 32.4 Å². The molecule has 2 rings (SSSR count). The summed E-state index contributed by atoms with van der Waals surface area (Å²) in [6.07, 6.45) is 2.45. The Hall–Kier alpha value is -1.62. The molecule has 1 aromatic rings. The minimum absolute atomic E-state index is 0.0856. The van der Waals surface area contributed by atoms with E-state index >= 15 is 0 Å². The minimum Gasteiger partial charge on any atom is -0.480 e. The topological polar surface area (TPSA) is 60.5 Å². The molecular weight excluding hydrogens is 232 g/mol. The van der Waals surface area contributed by atoms with E-state index in [2.05, 4.69) is 15.0 Å². The highest BCUT2D eigenvalue weighted by atomic mass is 16.6. The fourth-order valence-electron chi connectivity index (χ4n) is 1.58. The minimum atomic E-state index is -0.392. The van der Waals surface area contributed by atoms with Crippen molar-refractivity contribution in [3.63, 3.8) is 0 Å². The Morgan fingerprint density at radius 3 is 2.94 bits per heavy atom. The molecule has 1 saturated carbocycles. The lowest BCUT2D eigenvalue weighted by Gasteiger charge is -2.11. The number of nitrogens with zero attached hydrogens (tertiary/aromatic N) is 1. The number of aromatic nitrogens is 1. The summed E-state index contributed by atoms with van der Waals surface area (Å²) in [5, 5.41) is 3.38. The van der Waals surface area contributed by atoms with Crippen LogP contribution in [-0.2, 0) is 16.1 Å². The fraction of sp³-hybridized carbons (Fsp3) is 0.538. The highest BCUT2D eigenvalue weighted by molar-refractivity contribution is 5.70. The van der Waals surface area contributed by atoms with Gasteiger partial charge in [0.1, 0.15) is 5.75 Å². The van der Waals surface area contributed by atoms with Gasteiger partial charge in [-0.2, -0.15) is 0 Å². The maximum atomic E-state index is 11.1. The Labute approximate surface area is 107 Å². The van der Waals surface area contributed by atoms with Crippen LogP contribution < -0.4 is 10.1 Å². The maximum absolute atomic E-state index is 11.1. The highest BCUT2D eigenvalue weighted by Crippen LogP contribution is 2.22. The molecule has 0 aromatic carbocycles. The Morgan fingerprint density at radius 1 is 1.50 bits per heavy atom. The standard InChI is InChI=1S/C13H18N2O3/c1-9-3-6-12(18-8-13(16)17-2)11(15-9)7-14-10-4-5-10/h3,6,10,14H,4-5,7-8H2,1-2H3. The van der Waals surface area contributed by atoms with E-state index in [1.165, 1.54) is 20.0 Å². The molecule has 0 amide bonds. The van der Waals surface area contributed by atoms with Crippen molar-refractivity contribution in [2.75, 3.05) is 13.7 Å². The molecule has 0 radical (unpaired) electrons. The molecule has 0 bridgehead atoms. The zero-order valence-electron chi connectivity index (χ0n) is 10.7. The van der Waals surface area contributed by atoms with E-state index in [0.29, 0.717) is 18.3 Å². The maximum Gasteiger partial charge on any atom is 0.343 e. The Morgan fingerprint density at radius 2 is 2.28 bits per heavy atom. The first-order valence-corrected chi connectivity index (χ1v) is 6.08. The van der Waals surface area contributed by atoms with E-state index in [4.69, 9.17) is 4.74 Å². The molecule has 0 spiro atoms. The molecule has 0 unspecified atom stereocenters. The number of rotatable bonds is 6. The first kappa shape index (κ1) is 12.8. The predicted octanol–water partition coefficient (Wildman–Crippen LogP) is 1.19. The van der Waals surface area contributed by atoms with Gasteiger partial charge >= 0.3 is 5.97 Å². The van der Waals surface area contributed by atoms with Crippen molar-refractivity contribution in [3.8, 4) is 5.75 Å². The molecule has 1 N–H and O–H groups in total. The highest BCUT2D eigenvalue weighted by Gasteiger charge is 2.21. The van der Waals surface area contributed by atoms with Gasteiger partial charge in [-0.25, -0.2) is 4.79 Å². The number of carbonyl (C=O) groups excluding carboxylic acids is 1. The summed E-state index contributed by atoms with van der Waals surface area (Å²) in [5.41, 5.74) is 1.78. The number of carbonyl (C=O) groups is 1. The van der Waals surface area contributed by atoms with Crippen LogP contribution in [0.3, 0.4) is 0 Å². The molecule has 5 nitrogen and oxygen atoms in total. The van der Waals surface area contributed by atoms with Crippen molar-refractivity contribution in [1.29, 1.82) is 0 Å². The number of methoxy groups -OCH3 is 1. The fourth-order valence-corrected chi connectivity index (χ4v) is 1.58. The molecule has 18 heavy (non-hydrogen) atoms. The normalized spacial score (nSPS) is 14.3. The molecule has 98 valence electrons. The summed E-state index contributed by atoms with van der Waals surface area (Å²) in [6, 6.07) is 4.32. The van der Waals surface area contributed by atoms with Crippen LogP contribution in [0.2, 0.25) is 0 Å². The lowest BCUT2D eigenvalue weighted by molar-refractivity contribution is -0.142. The lowest BCUT2D eigenvalue weighted by atomic mass is 10.3. The third-order valence-electron chi connectivity index (χ3n) is 2.78. The summed E-state index contributed by atoms with van der Waals surface area (Å²) in [7, 11) is 1.34. The SMILES string of the molecule is COC(=O)COc1ccc(C)nc1CNC1CC1. The summed E-state index contributed by atoms with van der Waals surface area (Å²) < 4.78 is 9.96. The molecular formula is C13H18N2O3. The molecule has 5 heteroatoms. The summed E-state index contributed by atoms with van der Waals surface area (Å²) in [6.45, 7) is 2.52. The van der Waals surface area contributed by atoms with Crippen molar-refractivity contribution >= 4 is 5.97 Å². The molecule has 0 saturated heterocycles. The Balaban J connectivity index is 1.99. The summed E-state index contributed by atoms with van der Waals surface area (Å²) >= 11 is 0. The Bertz CT molecular complexity index is 430. The number of nitrogens with one attached hydrogen (secondary N) is 1. The quantitative estimate of drug-likeness (QED) is 0.769. The van der Waals surface area contributed by atoms with Gasteiger partial charge in [0, 0.05) is 18.3 Å². The second kappa shape index (κ2) is 5.82. The van der Waals surface area contributed by atoms with Gasteiger partial charge in [0.05, 0.1) is 12.8 Å². The molecule has 1 aliphatic rings. The average Bonchev–Trinajstić information content (AvgIpc) is 3.18. The number of esters is 1. The van der Waals surface area contributed by atoms with E-state index in [9.17, 15) is 4.79 Å². The van der Waals surface area contributed by atoms with Crippen LogP contribution in [-0.4, -0.2) is 30.7 Å². The average molecular weight is 250 g/mol. The second-order valence-electron chi connectivity index (χ2n) is 4.42. The van der Waals surface area contributed by atoms with Gasteiger partial charge in [-0.05, 0) is 31.9 Å². The zero-order valence-corrected chi connectivity index (χ0v) is 10.7. The van der Waals surface area contributed by atoms with Crippen LogP contribution in [0.1, 0.15) is 24.2 Å². The number of aryl methyl sites for hydroxylation is 1. The predicted molar refractivity (Wildman–Crippen MR) is 66.3 cm³/mol. The lowest BCUT2D eigenvalue weighted by Crippen LogP contribution is -2.19. The molecule has 1 fully saturated rings. The van der Waals surface area contributed by atoms with Gasteiger partial charge < -0.3 is 14.8 Å². The third kappa shape index (κ3) is 3.70. The van der Waals surface area contributed by atoms with E-state index < -0.39 is 5.97 Å². The number of hydrogen-bond donors (Lipinski definition) is 1. The molecule has 0 atom stereocenters. The molecule has 1 heterocycles. The van der Waals surface area contributed by atoms with Crippen LogP contribution >= 0.6 is 0 Å². The van der Waals surface area contributed by atoms with Gasteiger partial charge in [-0.1, -0.05) is 0 Å². The van der Waals surface area contributed by atoms with Crippen molar-refractivity contribution in [1.82, 2.24) is 10.3 Å². The van der Waals surface area contributed by atoms with E-state index in [-0.39, 0.29) is 6.61 Å². The Kier molecular flexibility index (Phi) is 4.15. The van der Waals surface area contributed by atoms with E-state index in [1.54, 1.807) is 0 Å². The number of pyridine rings is 1. The van der Waals surface area contributed by atoms with Gasteiger partial charge in [-0.3, -0.25) is 4.98 Å². The van der Waals surface area contributed by atoms with E-state index in [0.717, 1.165) is 11.4 Å². The summed E-state index contributed by atoms with van der Waals surface area (Å²) in [4.78, 5) is 15.5. The van der Waals surface area contributed by atoms with Crippen LogP contribution in [0, 0.1) is 6.92 Å². The third-order valence-corrected chi connectivity index (χ3v) is 2.78. The van der Waals surface area contributed by atoms with Crippen LogP contribution in [0.4, 0.5) is 0 Å². The monoisotopic (exact) mass is 250 g/mol. The van der Waals surface area contributed by atoms with Crippen LogP contribution in [0.5, 0.6) is 5.75 Å². The smallest absolute Gasteiger partial charge is 0.343 e. The second-order valence-corrected chi connectivity index (χ2v) is 4.42. The number of hydrogen-bond acceptors (Lipinski definition) is 5. The van der Waals surface area contributed by atoms with Crippen molar-refractivity contribution < 1.29 is 14.3 Å². The van der Waals surface area contributed by atoms with Gasteiger partial charge in [0.25, 0.3) is 0 Å². The van der Waals surface area contributed by atoms with Crippen LogP contribution in [0.15, 0.2) is 12.1 Å². The first-order valence-electron chi connectivity index (χ1n) is 6.08. The van der Waals surface area contributed by atoms with Crippen molar-refractivity contribution in [2.24, 2.45) is 0 Å². The molecule has 0 aliphatic heterocycles. The molecule has 1 aromatic heterocycles. The summed E-state index contributed by atoms with van der Waals surface area (Å²) in [5.74, 6) is 0.246.